The number of hydrogen-bond donors (Lipinski definition) is 1. The van der Waals surface area contributed by atoms with Crippen molar-refractivity contribution in [3.63, 3.8) is 0 Å². The molecule has 0 amide bonds. The molecule has 0 aliphatic rings. The monoisotopic (exact) mass is 369 g/mol. The number of nitrogens with zero attached hydrogens (tertiary/aromatic N) is 2. The fourth-order valence-electron chi connectivity index (χ4n) is 3.37. The van der Waals surface area contributed by atoms with Crippen molar-refractivity contribution >= 4 is 17.4 Å². The van der Waals surface area contributed by atoms with Crippen LogP contribution in [0.15, 0.2) is 91.1 Å². The van der Waals surface area contributed by atoms with Gasteiger partial charge in [0.1, 0.15) is 0 Å². The van der Waals surface area contributed by atoms with Gasteiger partial charge in [-0.05, 0) is 17.7 Å². The number of aromatic amines is 1. The molecule has 0 saturated carbocycles. The summed E-state index contributed by atoms with van der Waals surface area (Å²) in [4.78, 5) is 8.34. The van der Waals surface area contributed by atoms with Gasteiger partial charge in [0.15, 0.2) is 0 Å². The molecule has 2 aromatic heterocycles. The van der Waals surface area contributed by atoms with Gasteiger partial charge in [0.05, 0.1) is 17.1 Å². The molecule has 0 fully saturated rings. The third-order valence-electron chi connectivity index (χ3n) is 4.67. The summed E-state index contributed by atoms with van der Waals surface area (Å²) in [5.74, 6) is 0.817. The third-order valence-corrected chi connectivity index (χ3v) is 4.92. The maximum Gasteiger partial charge on any atom is 0.212 e. The Morgan fingerprint density at radius 1 is 0.704 bits per heavy atom. The number of hydrogen-bond acceptors (Lipinski definition) is 1. The summed E-state index contributed by atoms with van der Waals surface area (Å²) in [7, 11) is 0. The first-order valence-corrected chi connectivity index (χ1v) is 9.15. The zero-order chi connectivity index (χ0) is 18.2. The molecule has 2 heterocycles. The summed E-state index contributed by atoms with van der Waals surface area (Å²) in [5, 5.41) is 0.728. The smallest absolute Gasteiger partial charge is 0.212 e. The molecule has 0 spiro atoms. The lowest BCUT2D eigenvalue weighted by Crippen LogP contribution is -1.87. The lowest BCUT2D eigenvalue weighted by molar-refractivity contribution is 1.21. The molecule has 3 aromatic carbocycles. The Morgan fingerprint density at radius 3 is 2.00 bits per heavy atom. The first-order chi connectivity index (χ1) is 13.3. The van der Waals surface area contributed by atoms with Crippen LogP contribution < -0.4 is 0 Å². The summed E-state index contributed by atoms with van der Waals surface area (Å²) in [6.07, 6.45) is 2.10. The summed E-state index contributed by atoms with van der Waals surface area (Å²) in [6.45, 7) is 0. The van der Waals surface area contributed by atoms with E-state index in [2.05, 4.69) is 52.0 Å². The van der Waals surface area contributed by atoms with Crippen molar-refractivity contribution in [3.8, 4) is 33.8 Å². The Kier molecular flexibility index (Phi) is 3.80. The third kappa shape index (κ3) is 2.82. The topological polar surface area (TPSA) is 33.1 Å². The van der Waals surface area contributed by atoms with Gasteiger partial charge >= 0.3 is 0 Å². The van der Waals surface area contributed by atoms with Crippen molar-refractivity contribution in [2.24, 2.45) is 0 Å². The van der Waals surface area contributed by atoms with E-state index in [1.807, 2.05) is 48.5 Å². The Balaban J connectivity index is 1.74. The summed E-state index contributed by atoms with van der Waals surface area (Å²) in [6, 6.07) is 28.5. The summed E-state index contributed by atoms with van der Waals surface area (Å²) < 4.78 is 2.13. The second-order valence-electron chi connectivity index (χ2n) is 6.41. The van der Waals surface area contributed by atoms with Crippen molar-refractivity contribution < 1.29 is 0 Å². The number of rotatable bonds is 3. The van der Waals surface area contributed by atoms with Gasteiger partial charge in [0.2, 0.25) is 5.78 Å². The van der Waals surface area contributed by atoms with Crippen LogP contribution >= 0.6 is 11.6 Å². The highest BCUT2D eigenvalue weighted by Gasteiger charge is 2.18. The Hall–Kier alpha value is -3.30. The minimum atomic E-state index is 0.728. The van der Waals surface area contributed by atoms with Crippen LogP contribution in [0, 0.1) is 0 Å². The molecule has 0 unspecified atom stereocenters. The van der Waals surface area contributed by atoms with E-state index in [0.29, 0.717) is 0 Å². The van der Waals surface area contributed by atoms with Gasteiger partial charge in [0, 0.05) is 22.3 Å². The first-order valence-electron chi connectivity index (χ1n) is 8.77. The van der Waals surface area contributed by atoms with E-state index in [1.165, 1.54) is 0 Å². The molecule has 5 aromatic rings. The molecule has 0 bridgehead atoms. The van der Waals surface area contributed by atoms with E-state index in [1.54, 1.807) is 0 Å². The lowest BCUT2D eigenvalue weighted by atomic mass is 10.0. The number of halogens is 1. The van der Waals surface area contributed by atoms with Crippen molar-refractivity contribution in [1.29, 1.82) is 0 Å². The average molecular weight is 370 g/mol. The van der Waals surface area contributed by atoms with E-state index in [-0.39, 0.29) is 0 Å². The zero-order valence-corrected chi connectivity index (χ0v) is 15.2. The molecule has 5 rings (SSSR count). The quantitative estimate of drug-likeness (QED) is 0.396. The molecule has 0 aliphatic heterocycles. The minimum absolute atomic E-state index is 0.728. The van der Waals surface area contributed by atoms with Crippen LogP contribution in [-0.4, -0.2) is 14.4 Å². The van der Waals surface area contributed by atoms with Crippen LogP contribution in [0.1, 0.15) is 0 Å². The second-order valence-corrected chi connectivity index (χ2v) is 6.85. The highest BCUT2D eigenvalue weighted by molar-refractivity contribution is 6.30. The van der Waals surface area contributed by atoms with Crippen molar-refractivity contribution in [3.05, 3.63) is 96.1 Å². The van der Waals surface area contributed by atoms with Crippen molar-refractivity contribution in [1.82, 2.24) is 14.4 Å². The number of H-pyrrole nitrogens is 1. The number of imidazole rings is 2. The molecule has 4 heteroatoms. The molecule has 3 nitrogen and oxygen atoms in total. The van der Waals surface area contributed by atoms with Gasteiger partial charge < -0.3 is 4.98 Å². The minimum Gasteiger partial charge on any atom is -0.323 e. The van der Waals surface area contributed by atoms with E-state index in [9.17, 15) is 0 Å². The van der Waals surface area contributed by atoms with E-state index >= 15 is 0 Å². The maximum atomic E-state index is 6.02. The number of nitrogens with one attached hydrogen (secondary N) is 1. The maximum absolute atomic E-state index is 6.02. The molecule has 1 N–H and O–H groups in total. The van der Waals surface area contributed by atoms with Crippen LogP contribution in [0.25, 0.3) is 39.5 Å². The normalized spacial score (nSPS) is 11.1. The van der Waals surface area contributed by atoms with Crippen molar-refractivity contribution in [2.45, 2.75) is 0 Å². The molecule has 0 radical (unpaired) electrons. The van der Waals surface area contributed by atoms with Gasteiger partial charge in [-0.15, -0.1) is 0 Å². The molecule has 130 valence electrons. The molecule has 0 saturated heterocycles. The number of benzene rings is 3. The molecule has 0 aliphatic carbocycles. The molecular weight excluding hydrogens is 354 g/mol. The van der Waals surface area contributed by atoms with Gasteiger partial charge in [-0.25, -0.2) is 4.98 Å². The van der Waals surface area contributed by atoms with Crippen molar-refractivity contribution in [2.75, 3.05) is 0 Å². The first kappa shape index (κ1) is 15.9. The second kappa shape index (κ2) is 6.45. The SMILES string of the molecule is Clc1ccc(-c2cn3c(-c4ccccc4)c(-c4ccccc4)nc3[nH]2)cc1. The van der Waals surface area contributed by atoms with Crippen LogP contribution in [0.3, 0.4) is 0 Å². The van der Waals surface area contributed by atoms with Crippen LogP contribution in [-0.2, 0) is 0 Å². The highest BCUT2D eigenvalue weighted by Crippen LogP contribution is 2.34. The number of fused-ring (bicyclic) bond motifs is 1. The van der Waals surface area contributed by atoms with Crippen LogP contribution in [0.2, 0.25) is 5.02 Å². The van der Waals surface area contributed by atoms with Gasteiger partial charge in [-0.2, -0.15) is 0 Å². The fourth-order valence-corrected chi connectivity index (χ4v) is 3.50. The summed E-state index contributed by atoms with van der Waals surface area (Å²) in [5.41, 5.74) is 6.35. The lowest BCUT2D eigenvalue weighted by Gasteiger charge is -2.05. The zero-order valence-electron chi connectivity index (χ0n) is 14.4. The standard InChI is InChI=1S/C23H16ClN3/c24-19-13-11-16(12-14-19)20-15-27-22(18-9-5-2-6-10-18)21(26-23(27)25-20)17-7-3-1-4-8-17/h1-15H,(H,25,26). The highest BCUT2D eigenvalue weighted by atomic mass is 35.5. The van der Waals surface area contributed by atoms with E-state index in [0.717, 1.165) is 44.6 Å². The van der Waals surface area contributed by atoms with Gasteiger partial charge in [0.25, 0.3) is 0 Å². The molecule has 27 heavy (non-hydrogen) atoms. The average Bonchev–Trinajstić information content (AvgIpc) is 3.28. The van der Waals surface area contributed by atoms with E-state index < -0.39 is 0 Å². The Labute approximate surface area is 161 Å². The predicted molar refractivity (Wildman–Crippen MR) is 111 cm³/mol. The predicted octanol–water partition coefficient (Wildman–Crippen LogP) is 6.32. The molecular formula is C23H16ClN3. The van der Waals surface area contributed by atoms with Gasteiger partial charge in [-0.1, -0.05) is 84.4 Å². The van der Waals surface area contributed by atoms with Crippen LogP contribution in [0.4, 0.5) is 0 Å². The van der Waals surface area contributed by atoms with E-state index in [4.69, 9.17) is 16.6 Å². The fraction of sp³-hybridized carbons (Fsp3) is 0. The Bertz CT molecular complexity index is 1200. The largest absolute Gasteiger partial charge is 0.323 e. The van der Waals surface area contributed by atoms with Crippen LogP contribution in [0.5, 0.6) is 0 Å². The molecule has 0 atom stereocenters. The number of aromatic nitrogens is 3. The summed E-state index contributed by atoms with van der Waals surface area (Å²) >= 11 is 6.02. The Morgan fingerprint density at radius 2 is 1.33 bits per heavy atom. The van der Waals surface area contributed by atoms with Gasteiger partial charge in [-0.3, -0.25) is 4.40 Å².